The molecule has 4 N–H and O–H groups in total. The number of aromatic amines is 1. The number of esters is 1. The van der Waals surface area contributed by atoms with Crippen molar-refractivity contribution >= 4 is 45.8 Å². The Morgan fingerprint density at radius 1 is 0.860 bits per heavy atom. The van der Waals surface area contributed by atoms with E-state index in [1.807, 2.05) is 54.6 Å². The van der Waals surface area contributed by atoms with E-state index in [0.29, 0.717) is 34.6 Å². The van der Waals surface area contributed by atoms with E-state index in [2.05, 4.69) is 21.8 Å². The molecule has 5 aromatic rings. The lowest BCUT2D eigenvalue weighted by Crippen LogP contribution is -2.48. The normalized spacial score (nSPS) is 13.7. The van der Waals surface area contributed by atoms with Gasteiger partial charge in [-0.25, -0.2) is 14.6 Å². The molecule has 1 fully saturated rings. The number of para-hydroxylation sites is 1. The number of hydrogen-bond donors (Lipinski definition) is 4. The molecule has 0 radical (unpaired) electrons. The first kappa shape index (κ1) is 35.3. The van der Waals surface area contributed by atoms with Crippen molar-refractivity contribution in [1.82, 2.24) is 14.8 Å². The van der Waals surface area contributed by atoms with Gasteiger partial charge in [0, 0.05) is 55.4 Å². The predicted octanol–water partition coefficient (Wildman–Crippen LogP) is 5.13. The van der Waals surface area contributed by atoms with Gasteiger partial charge in [-0.2, -0.15) is 0 Å². The lowest BCUT2D eigenvalue weighted by molar-refractivity contribution is -0.119. The number of phenols is 1. The highest BCUT2D eigenvalue weighted by Gasteiger charge is 2.21. The molecule has 1 amide bonds. The first-order valence-electron chi connectivity index (χ1n) is 15.9. The van der Waals surface area contributed by atoms with Gasteiger partial charge in [-0.05, 0) is 55.6 Å². The van der Waals surface area contributed by atoms with Crippen LogP contribution in [0.3, 0.4) is 0 Å². The zero-order valence-corrected chi connectivity index (χ0v) is 28.0. The van der Waals surface area contributed by atoms with Gasteiger partial charge in [-0.3, -0.25) is 9.69 Å². The Labute approximate surface area is 289 Å². The van der Waals surface area contributed by atoms with Crippen LogP contribution in [0.4, 0.5) is 11.4 Å². The number of carboxylic acid groups (broad SMARTS) is 1. The van der Waals surface area contributed by atoms with Gasteiger partial charge in [0.2, 0.25) is 5.91 Å². The minimum atomic E-state index is -1.11. The summed E-state index contributed by atoms with van der Waals surface area (Å²) in [6.45, 7) is 4.09. The second kappa shape index (κ2) is 15.9. The van der Waals surface area contributed by atoms with Gasteiger partial charge in [0.1, 0.15) is 11.3 Å². The van der Waals surface area contributed by atoms with Gasteiger partial charge in [-0.15, -0.1) is 0 Å². The number of carbonyl (C=O) groups excluding carboxylic acids is 2. The summed E-state index contributed by atoms with van der Waals surface area (Å²) in [7, 11) is 5.22. The highest BCUT2D eigenvalue weighted by atomic mass is 16.5. The molecule has 0 atom stereocenters. The zero-order chi connectivity index (χ0) is 35.8. The first-order chi connectivity index (χ1) is 24.0. The minimum Gasteiger partial charge on any atom is -0.507 e. The van der Waals surface area contributed by atoms with E-state index in [0.717, 1.165) is 42.8 Å². The Hall–Kier alpha value is -5.98. The summed E-state index contributed by atoms with van der Waals surface area (Å²) in [5.41, 5.74) is 4.27. The van der Waals surface area contributed by atoms with Crippen LogP contribution in [0, 0.1) is 0 Å². The van der Waals surface area contributed by atoms with E-state index in [1.165, 1.54) is 19.2 Å². The van der Waals surface area contributed by atoms with Crippen molar-refractivity contribution in [3.63, 3.8) is 0 Å². The standard InChI is InChI=1S/C31H33N5O4.C7H6O3/c1-34-15-17-36(18-16-34)20-27(37)35(2)24-12-10-23(11-13-24)32-29(21-7-5-4-6-8-21)28-25-14-9-22(31(39)40-3)19-26(25)33-30(28)38;8-6-4-2-1-3-5(6)7(9)10/h4-14,19,33,38H,15-18,20H2,1-3H3;1-4,8H,(H,9,10). The summed E-state index contributed by atoms with van der Waals surface area (Å²) >= 11 is 0. The average Bonchev–Trinajstić information content (AvgIpc) is 3.46. The van der Waals surface area contributed by atoms with Gasteiger partial charge in [0.25, 0.3) is 0 Å². The highest BCUT2D eigenvalue weighted by molar-refractivity contribution is 6.22. The third-order valence-corrected chi connectivity index (χ3v) is 8.43. The van der Waals surface area contributed by atoms with Crippen LogP contribution in [0.15, 0.2) is 102 Å². The van der Waals surface area contributed by atoms with Crippen molar-refractivity contribution < 1.29 is 34.4 Å². The molecule has 12 nitrogen and oxygen atoms in total. The molecular weight excluding hydrogens is 638 g/mol. The molecule has 0 spiro atoms. The van der Waals surface area contributed by atoms with Gasteiger partial charge in [-0.1, -0.05) is 48.5 Å². The van der Waals surface area contributed by atoms with E-state index < -0.39 is 11.9 Å². The fourth-order valence-electron chi connectivity index (χ4n) is 5.51. The van der Waals surface area contributed by atoms with E-state index in [-0.39, 0.29) is 23.1 Å². The molecule has 12 heteroatoms. The number of rotatable bonds is 8. The Morgan fingerprint density at radius 3 is 2.14 bits per heavy atom. The van der Waals surface area contributed by atoms with Crippen molar-refractivity contribution in [3.05, 3.63) is 119 Å². The molecule has 0 unspecified atom stereocenters. The summed E-state index contributed by atoms with van der Waals surface area (Å²) in [6.07, 6.45) is 0. The Kier molecular flexibility index (Phi) is 11.3. The fourth-order valence-corrected chi connectivity index (χ4v) is 5.51. The molecule has 4 aromatic carbocycles. The summed E-state index contributed by atoms with van der Waals surface area (Å²) in [4.78, 5) is 49.2. The smallest absolute Gasteiger partial charge is 0.339 e. The van der Waals surface area contributed by atoms with Gasteiger partial charge >= 0.3 is 11.9 Å². The van der Waals surface area contributed by atoms with Crippen LogP contribution >= 0.6 is 0 Å². The van der Waals surface area contributed by atoms with Crippen LogP contribution in [0.25, 0.3) is 10.9 Å². The largest absolute Gasteiger partial charge is 0.507 e. The number of nitrogens with one attached hydrogen (secondary N) is 1. The third-order valence-electron chi connectivity index (χ3n) is 8.43. The number of aromatic carboxylic acids is 1. The maximum absolute atomic E-state index is 12.9. The monoisotopic (exact) mass is 677 g/mol. The number of hydrogen-bond acceptors (Lipinski definition) is 9. The van der Waals surface area contributed by atoms with Crippen LogP contribution in [0.1, 0.15) is 31.8 Å². The second-order valence-corrected chi connectivity index (χ2v) is 11.8. The van der Waals surface area contributed by atoms with E-state index in [4.69, 9.17) is 19.9 Å². The van der Waals surface area contributed by atoms with Crippen LogP contribution < -0.4 is 4.90 Å². The third kappa shape index (κ3) is 8.35. The molecule has 1 aromatic heterocycles. The SMILES string of the molecule is COC(=O)c1ccc2c(C(=Nc3ccc(N(C)C(=O)CN4CCN(C)CC4)cc3)c3ccccc3)c(O)[nH]c2c1.O=C(O)c1ccccc1O. The van der Waals surface area contributed by atoms with Crippen molar-refractivity contribution in [2.45, 2.75) is 0 Å². The molecule has 0 bridgehead atoms. The molecule has 0 aliphatic carbocycles. The van der Waals surface area contributed by atoms with Crippen LogP contribution in [0.5, 0.6) is 11.6 Å². The van der Waals surface area contributed by atoms with Crippen LogP contribution in [-0.2, 0) is 9.53 Å². The molecule has 2 heterocycles. The molecule has 1 aliphatic rings. The number of carboxylic acids is 1. The highest BCUT2D eigenvalue weighted by Crippen LogP contribution is 2.32. The topological polar surface area (TPSA) is 159 Å². The number of carbonyl (C=O) groups is 3. The van der Waals surface area contributed by atoms with E-state index in [9.17, 15) is 19.5 Å². The molecule has 1 saturated heterocycles. The number of amides is 1. The van der Waals surface area contributed by atoms with E-state index >= 15 is 0 Å². The fraction of sp³-hybridized carbons (Fsp3) is 0.211. The maximum Gasteiger partial charge on any atom is 0.339 e. The first-order valence-corrected chi connectivity index (χ1v) is 15.9. The number of nitrogens with zero attached hydrogens (tertiary/aromatic N) is 4. The molecule has 258 valence electrons. The van der Waals surface area contributed by atoms with Gasteiger partial charge in [0.15, 0.2) is 5.88 Å². The van der Waals surface area contributed by atoms with Gasteiger partial charge in [0.05, 0.1) is 36.2 Å². The summed E-state index contributed by atoms with van der Waals surface area (Å²) in [5.74, 6) is -1.78. The van der Waals surface area contributed by atoms with Crippen LogP contribution in [-0.4, -0.2) is 108 Å². The molecule has 6 rings (SSSR count). The molecule has 1 aliphatic heterocycles. The Balaban J connectivity index is 0.000000418. The molecule has 0 saturated carbocycles. The molecular formula is C38H39N5O7. The zero-order valence-electron chi connectivity index (χ0n) is 28.0. The predicted molar refractivity (Wildman–Crippen MR) is 192 cm³/mol. The van der Waals surface area contributed by atoms with Crippen molar-refractivity contribution in [3.8, 4) is 11.6 Å². The summed E-state index contributed by atoms with van der Waals surface area (Å²) < 4.78 is 4.83. The number of fused-ring (bicyclic) bond motifs is 1. The lowest BCUT2D eigenvalue weighted by Gasteiger charge is -2.32. The number of benzene rings is 4. The summed E-state index contributed by atoms with van der Waals surface area (Å²) in [5, 5.41) is 29.0. The summed E-state index contributed by atoms with van der Waals surface area (Å²) in [6, 6.07) is 28.0. The molecule has 50 heavy (non-hydrogen) atoms. The average molecular weight is 678 g/mol. The lowest BCUT2D eigenvalue weighted by atomic mass is 10.00. The maximum atomic E-state index is 12.9. The Morgan fingerprint density at radius 2 is 1.52 bits per heavy atom. The number of H-pyrrole nitrogens is 1. The quantitative estimate of drug-likeness (QED) is 0.129. The van der Waals surface area contributed by atoms with Crippen molar-refractivity contribution in [2.24, 2.45) is 4.99 Å². The number of anilines is 1. The number of aliphatic imine (C=N–C) groups is 1. The number of aromatic nitrogens is 1. The van der Waals surface area contributed by atoms with Crippen molar-refractivity contribution in [2.75, 3.05) is 58.8 Å². The van der Waals surface area contributed by atoms with Crippen LogP contribution in [0.2, 0.25) is 0 Å². The minimum absolute atomic E-state index is 0.0424. The number of ether oxygens (including phenoxy) is 1. The van der Waals surface area contributed by atoms with Crippen molar-refractivity contribution in [1.29, 1.82) is 0 Å². The Bertz CT molecular complexity index is 2000. The number of piperazine rings is 1. The second-order valence-electron chi connectivity index (χ2n) is 11.8. The number of methoxy groups -OCH3 is 1. The number of likely N-dealkylation sites (N-methyl/N-ethyl adjacent to an activating group) is 2. The number of aromatic hydroxyl groups is 2. The van der Waals surface area contributed by atoms with E-state index in [1.54, 1.807) is 42.3 Å². The van der Waals surface area contributed by atoms with Gasteiger partial charge < -0.3 is 34.8 Å².